The molecule has 0 aliphatic carbocycles. The van der Waals surface area contributed by atoms with E-state index in [-0.39, 0.29) is 12.5 Å². The smallest absolute Gasteiger partial charge is 0.367 e. The largest absolute Gasteiger partial charge is 0.411 e. The van der Waals surface area contributed by atoms with Crippen LogP contribution >= 0.6 is 0 Å². The number of nitrogens with one attached hydrogen (secondary N) is 3. The Balaban J connectivity index is 1.79. The number of carbonyl (C=O) groups is 1. The third-order valence-corrected chi connectivity index (χ3v) is 3.95. The topological polar surface area (TPSA) is 74.8 Å². The Labute approximate surface area is 173 Å². The molecule has 2 aromatic rings. The fourth-order valence-corrected chi connectivity index (χ4v) is 2.59. The molecule has 3 N–H and O–H groups in total. The lowest BCUT2D eigenvalue weighted by Crippen LogP contribution is -2.36. The second-order valence-corrected chi connectivity index (χ2v) is 6.59. The maximum Gasteiger partial charge on any atom is 0.411 e. The highest BCUT2D eigenvalue weighted by molar-refractivity contribution is 5.88. The molecule has 0 aliphatic heterocycles. The van der Waals surface area contributed by atoms with Gasteiger partial charge in [0.1, 0.15) is 6.61 Å². The number of alkyl halides is 3. The molecule has 0 saturated heterocycles. The molecule has 0 fully saturated rings. The number of ether oxygens (including phenoxy) is 1. The summed E-state index contributed by atoms with van der Waals surface area (Å²) in [5.74, 6) is 0.466. The lowest BCUT2D eigenvalue weighted by atomic mass is 10.1. The highest BCUT2D eigenvalue weighted by Crippen LogP contribution is 2.16. The van der Waals surface area contributed by atoms with Crippen molar-refractivity contribution >= 4 is 17.6 Å². The van der Waals surface area contributed by atoms with Crippen molar-refractivity contribution in [3.63, 3.8) is 0 Å². The molecule has 0 radical (unpaired) electrons. The van der Waals surface area contributed by atoms with E-state index in [1.54, 1.807) is 19.2 Å². The van der Waals surface area contributed by atoms with E-state index in [2.05, 4.69) is 25.7 Å². The van der Waals surface area contributed by atoms with Gasteiger partial charge in [-0.15, -0.1) is 0 Å². The van der Waals surface area contributed by atoms with Crippen molar-refractivity contribution in [3.05, 3.63) is 65.2 Å². The molecule has 6 nitrogen and oxygen atoms in total. The first-order valence-electron chi connectivity index (χ1n) is 9.28. The molecule has 9 heteroatoms. The summed E-state index contributed by atoms with van der Waals surface area (Å²) in [6.07, 6.45) is -4.32. The van der Waals surface area contributed by atoms with Gasteiger partial charge in [0.25, 0.3) is 0 Å². The Hall–Kier alpha value is -3.07. The summed E-state index contributed by atoms with van der Waals surface area (Å²) in [4.78, 5) is 15.3. The maximum absolute atomic E-state index is 12.1. The Kier molecular flexibility index (Phi) is 8.67. The normalized spacial score (nSPS) is 11.8. The summed E-state index contributed by atoms with van der Waals surface area (Å²) in [5, 5.41) is 9.10. The molecule has 1 amide bonds. The van der Waals surface area contributed by atoms with Crippen LogP contribution in [0.5, 0.6) is 0 Å². The number of amides is 1. The van der Waals surface area contributed by atoms with Crippen LogP contribution in [0.4, 0.5) is 18.9 Å². The van der Waals surface area contributed by atoms with Gasteiger partial charge in [0.05, 0.1) is 6.61 Å². The molecule has 2 aromatic carbocycles. The van der Waals surface area contributed by atoms with Crippen LogP contribution in [0.2, 0.25) is 0 Å². The number of hydrogen-bond donors (Lipinski definition) is 3. The lowest BCUT2D eigenvalue weighted by Gasteiger charge is -2.13. The quantitative estimate of drug-likeness (QED) is 0.449. The minimum Gasteiger partial charge on any atom is -0.367 e. The molecule has 0 unspecified atom stereocenters. The molecule has 162 valence electrons. The zero-order valence-electron chi connectivity index (χ0n) is 16.8. The highest BCUT2D eigenvalue weighted by Gasteiger charge is 2.27. The number of carbonyl (C=O) groups excluding carboxylic acids is 1. The summed E-state index contributed by atoms with van der Waals surface area (Å²) in [6.45, 7) is 1.12. The molecule has 0 heterocycles. The molecule has 2 rings (SSSR count). The number of rotatable bonds is 8. The van der Waals surface area contributed by atoms with Crippen molar-refractivity contribution in [2.75, 3.05) is 19.0 Å². The van der Waals surface area contributed by atoms with Gasteiger partial charge in [0.15, 0.2) is 5.96 Å². The average molecular weight is 422 g/mol. The van der Waals surface area contributed by atoms with Crippen LogP contribution in [0.25, 0.3) is 0 Å². The fraction of sp³-hybridized carbons (Fsp3) is 0.333. The fourth-order valence-electron chi connectivity index (χ4n) is 2.59. The number of anilines is 1. The van der Waals surface area contributed by atoms with Crippen LogP contribution in [0.15, 0.2) is 53.5 Å². The predicted octanol–water partition coefficient (Wildman–Crippen LogP) is 3.59. The van der Waals surface area contributed by atoms with Crippen LogP contribution in [-0.4, -0.2) is 31.7 Å². The highest BCUT2D eigenvalue weighted by atomic mass is 19.4. The van der Waals surface area contributed by atoms with E-state index in [9.17, 15) is 18.0 Å². The molecule has 0 saturated carbocycles. The van der Waals surface area contributed by atoms with E-state index < -0.39 is 12.8 Å². The molecule has 30 heavy (non-hydrogen) atoms. The zero-order valence-corrected chi connectivity index (χ0v) is 16.8. The second-order valence-electron chi connectivity index (χ2n) is 6.59. The van der Waals surface area contributed by atoms with Crippen molar-refractivity contribution in [1.29, 1.82) is 0 Å². The van der Waals surface area contributed by atoms with Crippen molar-refractivity contribution in [2.45, 2.75) is 32.8 Å². The van der Waals surface area contributed by atoms with E-state index in [0.29, 0.717) is 24.6 Å². The summed E-state index contributed by atoms with van der Waals surface area (Å²) in [5.41, 5.74) is 3.33. The lowest BCUT2D eigenvalue weighted by molar-refractivity contribution is -0.176. The SMILES string of the molecule is CN=C(NCc1ccc(COCC(F)(F)F)cc1)NCc1cccc(NC(C)=O)c1. The van der Waals surface area contributed by atoms with E-state index in [1.807, 2.05) is 36.4 Å². The van der Waals surface area contributed by atoms with E-state index in [1.165, 1.54) is 6.92 Å². The van der Waals surface area contributed by atoms with Gasteiger partial charge in [-0.3, -0.25) is 9.79 Å². The first-order chi connectivity index (χ1) is 14.2. The Bertz CT molecular complexity index is 852. The van der Waals surface area contributed by atoms with Crippen LogP contribution < -0.4 is 16.0 Å². The average Bonchev–Trinajstić information content (AvgIpc) is 2.68. The third-order valence-electron chi connectivity index (χ3n) is 3.95. The first-order valence-corrected chi connectivity index (χ1v) is 9.28. The van der Waals surface area contributed by atoms with Crippen LogP contribution in [0.3, 0.4) is 0 Å². The van der Waals surface area contributed by atoms with Crippen molar-refractivity contribution in [2.24, 2.45) is 4.99 Å². The predicted molar refractivity (Wildman–Crippen MR) is 110 cm³/mol. The van der Waals surface area contributed by atoms with Crippen molar-refractivity contribution in [1.82, 2.24) is 10.6 Å². The van der Waals surface area contributed by atoms with Gasteiger partial charge in [-0.05, 0) is 28.8 Å². The monoisotopic (exact) mass is 422 g/mol. The Morgan fingerprint density at radius 2 is 1.63 bits per heavy atom. The van der Waals surface area contributed by atoms with Crippen LogP contribution in [0, 0.1) is 0 Å². The van der Waals surface area contributed by atoms with E-state index >= 15 is 0 Å². The van der Waals surface area contributed by atoms with Gasteiger partial charge < -0.3 is 20.7 Å². The summed E-state index contributed by atoms with van der Waals surface area (Å²) < 4.78 is 41.0. The van der Waals surface area contributed by atoms with Crippen molar-refractivity contribution < 1.29 is 22.7 Å². The van der Waals surface area contributed by atoms with Gasteiger partial charge in [0, 0.05) is 32.7 Å². The number of nitrogens with zero attached hydrogens (tertiary/aromatic N) is 1. The van der Waals surface area contributed by atoms with Crippen LogP contribution in [0.1, 0.15) is 23.6 Å². The first kappa shape index (κ1) is 23.2. The minimum atomic E-state index is -4.32. The summed E-state index contributed by atoms with van der Waals surface area (Å²) in [7, 11) is 1.66. The van der Waals surface area contributed by atoms with Gasteiger partial charge in [0.2, 0.25) is 5.91 Å². The van der Waals surface area contributed by atoms with Gasteiger partial charge in [-0.1, -0.05) is 36.4 Å². The molecule has 0 bridgehead atoms. The standard InChI is InChI=1S/C21H25F3N4O2/c1-15(29)28-19-5-3-4-18(10-19)12-27-20(25-2)26-11-16-6-8-17(9-7-16)13-30-14-21(22,23)24/h3-10H,11-14H2,1-2H3,(H,28,29)(H2,25,26,27). The van der Waals surface area contributed by atoms with E-state index in [0.717, 1.165) is 16.8 Å². The zero-order chi connectivity index (χ0) is 22.0. The number of aliphatic imine (C=N–C) groups is 1. The molecule has 0 spiro atoms. The molecular weight excluding hydrogens is 397 g/mol. The van der Waals surface area contributed by atoms with E-state index in [4.69, 9.17) is 0 Å². The second kappa shape index (κ2) is 11.2. The third kappa shape index (κ3) is 8.95. The maximum atomic E-state index is 12.1. The van der Waals surface area contributed by atoms with Gasteiger partial charge >= 0.3 is 6.18 Å². The Morgan fingerprint density at radius 1 is 1.00 bits per heavy atom. The number of hydrogen-bond acceptors (Lipinski definition) is 3. The van der Waals surface area contributed by atoms with Gasteiger partial charge in [-0.2, -0.15) is 13.2 Å². The summed E-state index contributed by atoms with van der Waals surface area (Å²) >= 11 is 0. The van der Waals surface area contributed by atoms with Gasteiger partial charge in [-0.25, -0.2) is 0 Å². The number of benzene rings is 2. The molecule has 0 aliphatic rings. The number of halogens is 3. The molecular formula is C21H25F3N4O2. The van der Waals surface area contributed by atoms with Crippen molar-refractivity contribution in [3.8, 4) is 0 Å². The minimum absolute atomic E-state index is 0.0893. The molecule has 0 aromatic heterocycles. The molecule has 0 atom stereocenters. The summed E-state index contributed by atoms with van der Waals surface area (Å²) in [6, 6.07) is 14.6. The van der Waals surface area contributed by atoms with Crippen LogP contribution in [-0.2, 0) is 29.2 Å². The number of guanidine groups is 1. The Morgan fingerprint density at radius 3 is 2.23 bits per heavy atom.